The fraction of sp³-hybridized carbons (Fsp3) is 0.188. The molecule has 0 saturated heterocycles. The van der Waals surface area contributed by atoms with Gasteiger partial charge in [0, 0.05) is 5.56 Å². The normalized spacial score (nSPS) is 13.9. The second-order valence-corrected chi connectivity index (χ2v) is 4.58. The molecule has 0 aliphatic heterocycles. The zero-order chi connectivity index (χ0) is 13.2. The Morgan fingerprint density at radius 3 is 2.17 bits per heavy atom. The number of aryl methyl sites for hydroxylation is 1. The van der Waals surface area contributed by atoms with Gasteiger partial charge in [-0.1, -0.05) is 54.6 Å². The van der Waals surface area contributed by atoms with Gasteiger partial charge in [0.05, 0.1) is 0 Å². The third-order valence-electron chi connectivity index (χ3n) is 3.17. The second kappa shape index (κ2) is 4.75. The van der Waals surface area contributed by atoms with Crippen molar-refractivity contribution in [3.63, 3.8) is 0 Å². The maximum Gasteiger partial charge on any atom is 0.198 e. The van der Waals surface area contributed by atoms with Crippen molar-refractivity contribution in [2.45, 2.75) is 19.4 Å². The molecule has 0 amide bonds. The number of hydrogen-bond acceptors (Lipinski definition) is 2. The molecule has 2 aromatic rings. The lowest BCUT2D eigenvalue weighted by Crippen LogP contribution is -2.32. The van der Waals surface area contributed by atoms with E-state index in [2.05, 4.69) is 0 Å². The van der Waals surface area contributed by atoms with Gasteiger partial charge in [0.15, 0.2) is 5.78 Å². The molecule has 0 bridgehead atoms. The van der Waals surface area contributed by atoms with Crippen LogP contribution in [0.4, 0.5) is 0 Å². The summed E-state index contributed by atoms with van der Waals surface area (Å²) in [6.07, 6.45) is 0. The summed E-state index contributed by atoms with van der Waals surface area (Å²) < 4.78 is 0. The lowest BCUT2D eigenvalue weighted by Gasteiger charge is -2.23. The number of aliphatic hydroxyl groups is 1. The minimum atomic E-state index is -1.49. The zero-order valence-electron chi connectivity index (χ0n) is 10.6. The van der Waals surface area contributed by atoms with Crippen molar-refractivity contribution >= 4 is 5.78 Å². The van der Waals surface area contributed by atoms with Crippen molar-refractivity contribution in [2.75, 3.05) is 0 Å². The average Bonchev–Trinajstić information content (AvgIpc) is 2.39. The van der Waals surface area contributed by atoms with Gasteiger partial charge in [-0.15, -0.1) is 0 Å². The van der Waals surface area contributed by atoms with Crippen LogP contribution in [0.2, 0.25) is 0 Å². The number of rotatable bonds is 3. The van der Waals surface area contributed by atoms with Gasteiger partial charge in [-0.25, -0.2) is 0 Å². The van der Waals surface area contributed by atoms with Gasteiger partial charge in [-0.05, 0) is 25.0 Å². The highest BCUT2D eigenvalue weighted by Gasteiger charge is 2.33. The van der Waals surface area contributed by atoms with Gasteiger partial charge >= 0.3 is 0 Å². The molecule has 0 aliphatic carbocycles. The van der Waals surface area contributed by atoms with Gasteiger partial charge in [-0.3, -0.25) is 4.79 Å². The van der Waals surface area contributed by atoms with E-state index in [9.17, 15) is 9.90 Å². The topological polar surface area (TPSA) is 37.3 Å². The fourth-order valence-corrected chi connectivity index (χ4v) is 1.98. The molecule has 0 heterocycles. The minimum absolute atomic E-state index is 0.271. The summed E-state index contributed by atoms with van der Waals surface area (Å²) in [7, 11) is 0. The van der Waals surface area contributed by atoms with Crippen LogP contribution in [0.15, 0.2) is 54.6 Å². The van der Waals surface area contributed by atoms with E-state index in [1.807, 2.05) is 37.3 Å². The fourth-order valence-electron chi connectivity index (χ4n) is 1.98. The number of hydrogen-bond donors (Lipinski definition) is 1. The van der Waals surface area contributed by atoms with E-state index >= 15 is 0 Å². The molecule has 2 heteroatoms. The van der Waals surface area contributed by atoms with E-state index in [-0.39, 0.29) is 5.78 Å². The third kappa shape index (κ3) is 2.20. The molecule has 0 spiro atoms. The number of benzene rings is 2. The quantitative estimate of drug-likeness (QED) is 0.837. The Morgan fingerprint density at radius 1 is 1.00 bits per heavy atom. The summed E-state index contributed by atoms with van der Waals surface area (Å²) in [6, 6.07) is 16.3. The predicted octanol–water partition coefficient (Wildman–Crippen LogP) is 3.09. The first-order valence-corrected chi connectivity index (χ1v) is 5.92. The zero-order valence-corrected chi connectivity index (χ0v) is 10.6. The van der Waals surface area contributed by atoms with E-state index < -0.39 is 5.60 Å². The smallest absolute Gasteiger partial charge is 0.198 e. The van der Waals surface area contributed by atoms with Crippen LogP contribution < -0.4 is 0 Å². The van der Waals surface area contributed by atoms with E-state index in [0.29, 0.717) is 11.1 Å². The van der Waals surface area contributed by atoms with E-state index in [4.69, 9.17) is 0 Å². The van der Waals surface area contributed by atoms with Crippen molar-refractivity contribution in [3.8, 4) is 0 Å². The second-order valence-electron chi connectivity index (χ2n) is 4.58. The van der Waals surface area contributed by atoms with E-state index in [1.165, 1.54) is 6.92 Å². The Kier molecular flexibility index (Phi) is 3.30. The summed E-state index contributed by atoms with van der Waals surface area (Å²) in [4.78, 5) is 12.4. The van der Waals surface area contributed by atoms with Crippen molar-refractivity contribution in [2.24, 2.45) is 0 Å². The monoisotopic (exact) mass is 240 g/mol. The average molecular weight is 240 g/mol. The Morgan fingerprint density at radius 2 is 1.56 bits per heavy atom. The Balaban J connectivity index is 2.43. The SMILES string of the molecule is Cc1ccccc1C(=O)C(C)(O)c1ccccc1. The molecule has 0 aromatic heterocycles. The summed E-state index contributed by atoms with van der Waals surface area (Å²) in [5.74, 6) is -0.271. The molecule has 2 aromatic carbocycles. The van der Waals surface area contributed by atoms with Crippen LogP contribution in [0.3, 0.4) is 0 Å². The van der Waals surface area contributed by atoms with Crippen LogP contribution in [0, 0.1) is 6.92 Å². The van der Waals surface area contributed by atoms with Gasteiger partial charge in [-0.2, -0.15) is 0 Å². The highest BCUT2D eigenvalue weighted by atomic mass is 16.3. The first kappa shape index (κ1) is 12.5. The first-order chi connectivity index (χ1) is 8.53. The standard InChI is InChI=1S/C16H16O2/c1-12-8-6-7-11-14(12)15(17)16(2,18)13-9-4-3-5-10-13/h3-11,18H,1-2H3. The predicted molar refractivity (Wildman–Crippen MR) is 71.5 cm³/mol. The molecule has 0 aliphatic rings. The van der Waals surface area contributed by atoms with Crippen molar-refractivity contribution in [3.05, 3.63) is 71.3 Å². The molecule has 0 fully saturated rings. The molecular formula is C16H16O2. The Labute approximate surface area is 107 Å². The maximum absolute atomic E-state index is 12.4. The van der Waals surface area contributed by atoms with Crippen LogP contribution in [0.5, 0.6) is 0 Å². The highest BCUT2D eigenvalue weighted by Crippen LogP contribution is 2.26. The van der Waals surface area contributed by atoms with E-state index in [0.717, 1.165) is 5.56 Å². The molecule has 0 radical (unpaired) electrons. The Hall–Kier alpha value is -1.93. The molecule has 1 unspecified atom stereocenters. The summed E-state index contributed by atoms with van der Waals surface area (Å²) >= 11 is 0. The summed E-state index contributed by atoms with van der Waals surface area (Å²) in [5.41, 5.74) is 0.552. The molecular weight excluding hydrogens is 224 g/mol. The molecule has 2 nitrogen and oxygen atoms in total. The summed E-state index contributed by atoms with van der Waals surface area (Å²) in [5, 5.41) is 10.5. The van der Waals surface area contributed by atoms with Gasteiger partial charge in [0.2, 0.25) is 0 Å². The number of carbonyl (C=O) groups is 1. The van der Waals surface area contributed by atoms with Crippen molar-refractivity contribution < 1.29 is 9.90 Å². The van der Waals surface area contributed by atoms with Gasteiger partial charge in [0.25, 0.3) is 0 Å². The molecule has 92 valence electrons. The van der Waals surface area contributed by atoms with Crippen molar-refractivity contribution in [1.29, 1.82) is 0 Å². The van der Waals surface area contributed by atoms with Crippen LogP contribution in [0.1, 0.15) is 28.4 Å². The van der Waals surface area contributed by atoms with Gasteiger partial charge in [0.1, 0.15) is 5.60 Å². The number of carbonyl (C=O) groups excluding carboxylic acids is 1. The number of Topliss-reactive ketones (excluding diaryl/α,β-unsaturated/α-hetero) is 1. The third-order valence-corrected chi connectivity index (χ3v) is 3.17. The molecule has 2 rings (SSSR count). The van der Waals surface area contributed by atoms with Crippen LogP contribution in [-0.2, 0) is 5.60 Å². The largest absolute Gasteiger partial charge is 0.377 e. The first-order valence-electron chi connectivity index (χ1n) is 5.92. The van der Waals surface area contributed by atoms with Crippen molar-refractivity contribution in [1.82, 2.24) is 0 Å². The number of ketones is 1. The maximum atomic E-state index is 12.4. The lowest BCUT2D eigenvalue weighted by atomic mass is 9.86. The molecule has 1 atom stereocenters. The van der Waals surface area contributed by atoms with Crippen LogP contribution in [0.25, 0.3) is 0 Å². The lowest BCUT2D eigenvalue weighted by molar-refractivity contribution is 0.0392. The molecule has 0 saturated carbocycles. The molecule has 1 N–H and O–H groups in total. The summed E-state index contributed by atoms with van der Waals surface area (Å²) in [6.45, 7) is 3.41. The minimum Gasteiger partial charge on any atom is -0.377 e. The Bertz CT molecular complexity index is 556. The van der Waals surface area contributed by atoms with Crippen LogP contribution >= 0.6 is 0 Å². The van der Waals surface area contributed by atoms with E-state index in [1.54, 1.807) is 24.3 Å². The highest BCUT2D eigenvalue weighted by molar-refractivity contribution is 6.03. The van der Waals surface area contributed by atoms with Gasteiger partial charge < -0.3 is 5.11 Å². The molecule has 18 heavy (non-hydrogen) atoms. The van der Waals surface area contributed by atoms with Crippen LogP contribution in [-0.4, -0.2) is 10.9 Å².